The van der Waals surface area contributed by atoms with Gasteiger partial charge in [-0.25, -0.2) is 8.42 Å². The summed E-state index contributed by atoms with van der Waals surface area (Å²) in [5.74, 6) is 0.633. The first-order valence-electron chi connectivity index (χ1n) is 6.66. The van der Waals surface area contributed by atoms with Gasteiger partial charge in [0.15, 0.2) is 9.84 Å². The molecule has 17 heavy (non-hydrogen) atoms. The Bertz CT molecular complexity index is 296. The van der Waals surface area contributed by atoms with Gasteiger partial charge in [-0.05, 0) is 45.8 Å². The van der Waals surface area contributed by atoms with E-state index in [9.17, 15) is 8.42 Å². The summed E-state index contributed by atoms with van der Waals surface area (Å²) in [7, 11) is -0.779. The molecule has 0 amide bonds. The molecular formula is C12H26N2O2S. The maximum absolute atomic E-state index is 11.6. The second-order valence-electron chi connectivity index (χ2n) is 4.97. The van der Waals surface area contributed by atoms with Crippen LogP contribution in [0, 0.1) is 0 Å². The highest BCUT2D eigenvalue weighted by Gasteiger charge is 2.18. The van der Waals surface area contributed by atoms with Crippen LogP contribution in [-0.4, -0.2) is 57.5 Å². The SMILES string of the molecule is CCCS(=O)(=O)CCN(C)C1CCCNCC1. The van der Waals surface area contributed by atoms with E-state index in [-0.39, 0.29) is 0 Å². The van der Waals surface area contributed by atoms with E-state index in [1.807, 2.05) is 6.92 Å². The van der Waals surface area contributed by atoms with Crippen molar-refractivity contribution >= 4 is 9.84 Å². The molecule has 4 nitrogen and oxygen atoms in total. The monoisotopic (exact) mass is 262 g/mol. The summed E-state index contributed by atoms with van der Waals surface area (Å²) in [4.78, 5) is 2.22. The molecule has 1 saturated heterocycles. The zero-order valence-electron chi connectivity index (χ0n) is 11.1. The van der Waals surface area contributed by atoms with Crippen LogP contribution in [0.4, 0.5) is 0 Å². The maximum Gasteiger partial charge on any atom is 0.151 e. The van der Waals surface area contributed by atoms with Crippen LogP contribution in [0.25, 0.3) is 0 Å². The van der Waals surface area contributed by atoms with Crippen molar-refractivity contribution in [3.8, 4) is 0 Å². The Morgan fingerprint density at radius 1 is 1.24 bits per heavy atom. The standard InChI is InChI=1S/C12H26N2O2S/c1-3-10-17(15,16)11-9-14(2)12-5-4-7-13-8-6-12/h12-13H,3-11H2,1-2H3. The largest absolute Gasteiger partial charge is 0.317 e. The smallest absolute Gasteiger partial charge is 0.151 e. The molecule has 1 N–H and O–H groups in total. The van der Waals surface area contributed by atoms with Gasteiger partial charge in [0.05, 0.1) is 5.75 Å². The van der Waals surface area contributed by atoms with E-state index >= 15 is 0 Å². The van der Waals surface area contributed by atoms with Crippen molar-refractivity contribution in [2.75, 3.05) is 38.2 Å². The molecule has 1 unspecified atom stereocenters. The summed E-state index contributed by atoms with van der Waals surface area (Å²) >= 11 is 0. The molecule has 0 radical (unpaired) electrons. The number of nitrogens with one attached hydrogen (secondary N) is 1. The molecular weight excluding hydrogens is 236 g/mol. The van der Waals surface area contributed by atoms with E-state index in [4.69, 9.17) is 0 Å². The number of nitrogens with zero attached hydrogens (tertiary/aromatic N) is 1. The second kappa shape index (κ2) is 7.34. The quantitative estimate of drug-likeness (QED) is 0.772. The first-order valence-corrected chi connectivity index (χ1v) is 8.48. The zero-order chi connectivity index (χ0) is 12.7. The van der Waals surface area contributed by atoms with Crippen molar-refractivity contribution in [2.24, 2.45) is 0 Å². The van der Waals surface area contributed by atoms with Crippen LogP contribution in [0.5, 0.6) is 0 Å². The summed E-state index contributed by atoms with van der Waals surface area (Å²) < 4.78 is 23.3. The topological polar surface area (TPSA) is 49.4 Å². The summed E-state index contributed by atoms with van der Waals surface area (Å²) in [5.41, 5.74) is 0. The minimum absolute atomic E-state index is 0.307. The second-order valence-corrected chi connectivity index (χ2v) is 7.27. The molecule has 1 rings (SSSR count). The van der Waals surface area contributed by atoms with E-state index in [1.165, 1.54) is 12.8 Å². The molecule has 1 atom stereocenters. The molecule has 0 saturated carbocycles. The lowest BCUT2D eigenvalue weighted by Crippen LogP contribution is -2.36. The van der Waals surface area contributed by atoms with Crippen LogP contribution in [0.1, 0.15) is 32.6 Å². The highest BCUT2D eigenvalue weighted by atomic mass is 32.2. The zero-order valence-corrected chi connectivity index (χ0v) is 11.9. The Balaban J connectivity index is 2.35. The van der Waals surface area contributed by atoms with Crippen molar-refractivity contribution < 1.29 is 8.42 Å². The van der Waals surface area contributed by atoms with Crippen molar-refractivity contribution in [2.45, 2.75) is 38.6 Å². The van der Waals surface area contributed by atoms with Crippen LogP contribution in [0.3, 0.4) is 0 Å². The molecule has 0 bridgehead atoms. The summed E-state index contributed by atoms with van der Waals surface area (Å²) in [6.07, 6.45) is 4.22. The average Bonchev–Trinajstić information content (AvgIpc) is 2.54. The first-order chi connectivity index (χ1) is 8.05. The van der Waals surface area contributed by atoms with Crippen LogP contribution in [-0.2, 0) is 9.84 Å². The van der Waals surface area contributed by atoms with Crippen molar-refractivity contribution in [1.82, 2.24) is 10.2 Å². The van der Waals surface area contributed by atoms with Crippen LogP contribution in [0.15, 0.2) is 0 Å². The van der Waals surface area contributed by atoms with Crippen molar-refractivity contribution in [1.29, 1.82) is 0 Å². The summed E-state index contributed by atoms with van der Waals surface area (Å²) in [5, 5.41) is 3.38. The Morgan fingerprint density at radius 3 is 2.71 bits per heavy atom. The molecule has 1 aliphatic rings. The van der Waals surface area contributed by atoms with Crippen LogP contribution < -0.4 is 5.32 Å². The van der Waals surface area contributed by atoms with E-state index in [0.29, 0.717) is 24.1 Å². The summed E-state index contributed by atoms with van der Waals surface area (Å²) in [6, 6.07) is 0.543. The predicted octanol–water partition coefficient (Wildman–Crippen LogP) is 0.885. The highest BCUT2D eigenvalue weighted by molar-refractivity contribution is 7.91. The third-order valence-corrected chi connectivity index (χ3v) is 5.27. The Morgan fingerprint density at radius 2 is 2.00 bits per heavy atom. The predicted molar refractivity (Wildman–Crippen MR) is 72.1 cm³/mol. The van der Waals surface area contributed by atoms with E-state index < -0.39 is 9.84 Å². The van der Waals surface area contributed by atoms with Crippen LogP contribution >= 0.6 is 0 Å². The van der Waals surface area contributed by atoms with Gasteiger partial charge in [0.1, 0.15) is 0 Å². The normalized spacial score (nSPS) is 22.6. The molecule has 0 aromatic carbocycles. The third-order valence-electron chi connectivity index (χ3n) is 3.44. The molecule has 1 heterocycles. The van der Waals surface area contributed by atoms with Gasteiger partial charge in [0, 0.05) is 18.3 Å². The molecule has 5 heteroatoms. The van der Waals surface area contributed by atoms with E-state index in [2.05, 4.69) is 17.3 Å². The van der Waals surface area contributed by atoms with E-state index in [1.54, 1.807) is 0 Å². The van der Waals surface area contributed by atoms with Crippen molar-refractivity contribution in [3.63, 3.8) is 0 Å². The average molecular weight is 262 g/mol. The minimum atomic E-state index is -2.83. The molecule has 0 aromatic rings. The molecule has 1 fully saturated rings. The number of rotatable bonds is 6. The van der Waals surface area contributed by atoms with Gasteiger partial charge in [-0.2, -0.15) is 0 Å². The molecule has 102 valence electrons. The fourth-order valence-electron chi connectivity index (χ4n) is 2.32. The Labute approximate surface area is 106 Å². The first kappa shape index (κ1) is 14.9. The highest BCUT2D eigenvalue weighted by Crippen LogP contribution is 2.11. The van der Waals surface area contributed by atoms with Gasteiger partial charge in [0.25, 0.3) is 0 Å². The third kappa shape index (κ3) is 5.84. The van der Waals surface area contributed by atoms with Gasteiger partial charge in [-0.15, -0.1) is 0 Å². The van der Waals surface area contributed by atoms with Gasteiger partial charge in [-0.3, -0.25) is 0 Å². The van der Waals surface area contributed by atoms with Crippen molar-refractivity contribution in [3.05, 3.63) is 0 Å². The van der Waals surface area contributed by atoms with Gasteiger partial charge < -0.3 is 10.2 Å². The molecule has 0 aromatic heterocycles. The van der Waals surface area contributed by atoms with E-state index in [0.717, 1.165) is 25.9 Å². The number of hydrogen-bond donors (Lipinski definition) is 1. The van der Waals surface area contributed by atoms with Gasteiger partial charge in [0.2, 0.25) is 0 Å². The van der Waals surface area contributed by atoms with Gasteiger partial charge >= 0.3 is 0 Å². The lowest BCUT2D eigenvalue weighted by atomic mass is 10.1. The molecule has 0 spiro atoms. The lowest BCUT2D eigenvalue weighted by Gasteiger charge is -2.26. The lowest BCUT2D eigenvalue weighted by molar-refractivity contribution is 0.236. The number of sulfone groups is 1. The number of hydrogen-bond acceptors (Lipinski definition) is 4. The van der Waals surface area contributed by atoms with Gasteiger partial charge in [-0.1, -0.05) is 6.92 Å². The maximum atomic E-state index is 11.6. The fourth-order valence-corrected chi connectivity index (χ4v) is 3.71. The Kier molecular flexibility index (Phi) is 6.44. The minimum Gasteiger partial charge on any atom is -0.317 e. The molecule has 0 aliphatic carbocycles. The fraction of sp³-hybridized carbons (Fsp3) is 1.00. The summed E-state index contributed by atoms with van der Waals surface area (Å²) in [6.45, 7) is 4.74. The van der Waals surface area contributed by atoms with Crippen LogP contribution in [0.2, 0.25) is 0 Å². The Hall–Kier alpha value is -0.130. The molecule has 1 aliphatic heterocycles.